The normalized spacial score (nSPS) is 10.8. The van der Waals surface area contributed by atoms with E-state index in [0.717, 1.165) is 30.8 Å². The molecule has 1 N–H and O–H groups in total. The Balaban J connectivity index is 1.25. The van der Waals surface area contributed by atoms with E-state index < -0.39 is 0 Å². The maximum atomic E-state index is 12.5. The number of carbonyl (C=O) groups excluding carboxylic acids is 1. The van der Waals surface area contributed by atoms with E-state index in [2.05, 4.69) is 36.4 Å². The van der Waals surface area contributed by atoms with Crippen LogP contribution in [0.2, 0.25) is 0 Å². The molecule has 2 aromatic heterocycles. The second-order valence-electron chi connectivity index (χ2n) is 7.94. The van der Waals surface area contributed by atoms with Crippen molar-refractivity contribution in [2.45, 2.75) is 46.4 Å². The van der Waals surface area contributed by atoms with E-state index in [4.69, 9.17) is 13.9 Å². The molecule has 0 unspecified atom stereocenters. The molecule has 0 saturated heterocycles. The Morgan fingerprint density at radius 3 is 2.35 bits per heavy atom. The Bertz CT molecular complexity index is 1190. The van der Waals surface area contributed by atoms with E-state index in [-0.39, 0.29) is 25.0 Å². The molecule has 0 aliphatic heterocycles. The standard InChI is InChI=1S/C27H29N3O4/c1-3-5-21-8-12-23(13-9-21)32-18-25-14-15-26(34-25)27(31)29-22-16-28-30(17-22)19-33-24-10-6-20(4-2)7-11-24/h6-17H,3-5,18-19H2,1-2H3,(H,29,31). The number of hydrogen-bond acceptors (Lipinski definition) is 5. The first-order valence-corrected chi connectivity index (χ1v) is 11.5. The van der Waals surface area contributed by atoms with E-state index in [1.165, 1.54) is 11.1 Å². The average molecular weight is 460 g/mol. The zero-order valence-electron chi connectivity index (χ0n) is 19.5. The van der Waals surface area contributed by atoms with Crippen molar-refractivity contribution in [3.05, 3.63) is 95.7 Å². The number of anilines is 1. The zero-order chi connectivity index (χ0) is 23.8. The van der Waals surface area contributed by atoms with E-state index in [1.54, 1.807) is 29.2 Å². The Morgan fingerprint density at radius 1 is 0.941 bits per heavy atom. The fourth-order valence-corrected chi connectivity index (χ4v) is 3.43. The molecule has 176 valence electrons. The Kier molecular flexibility index (Phi) is 7.65. The van der Waals surface area contributed by atoms with Gasteiger partial charge >= 0.3 is 0 Å². The predicted octanol–water partition coefficient (Wildman–Crippen LogP) is 5.86. The minimum atomic E-state index is -0.356. The number of ether oxygens (including phenoxy) is 2. The third-order valence-electron chi connectivity index (χ3n) is 5.31. The molecule has 2 aromatic carbocycles. The van der Waals surface area contributed by atoms with Gasteiger partial charge in [0.1, 0.15) is 23.9 Å². The van der Waals surface area contributed by atoms with Crippen molar-refractivity contribution in [3.8, 4) is 11.5 Å². The molecule has 0 bridgehead atoms. The van der Waals surface area contributed by atoms with Crippen molar-refractivity contribution in [1.82, 2.24) is 9.78 Å². The molecule has 4 aromatic rings. The van der Waals surface area contributed by atoms with Gasteiger partial charge in [0, 0.05) is 0 Å². The maximum Gasteiger partial charge on any atom is 0.291 e. The lowest BCUT2D eigenvalue weighted by Crippen LogP contribution is -2.10. The summed E-state index contributed by atoms with van der Waals surface area (Å²) in [6.07, 6.45) is 6.42. The van der Waals surface area contributed by atoms with Crippen molar-refractivity contribution in [1.29, 1.82) is 0 Å². The second-order valence-corrected chi connectivity index (χ2v) is 7.94. The van der Waals surface area contributed by atoms with Gasteiger partial charge in [0.15, 0.2) is 12.5 Å². The summed E-state index contributed by atoms with van der Waals surface area (Å²) in [6.45, 7) is 4.75. The molecule has 7 nitrogen and oxygen atoms in total. The van der Waals surface area contributed by atoms with Crippen molar-refractivity contribution in [3.63, 3.8) is 0 Å². The van der Waals surface area contributed by atoms with Gasteiger partial charge in [-0.1, -0.05) is 44.5 Å². The highest BCUT2D eigenvalue weighted by atomic mass is 16.5. The van der Waals surface area contributed by atoms with Crippen LogP contribution in [0.3, 0.4) is 0 Å². The number of benzene rings is 2. The number of nitrogens with zero attached hydrogens (tertiary/aromatic N) is 2. The van der Waals surface area contributed by atoms with Crippen LogP contribution in [0.15, 0.2) is 77.5 Å². The third-order valence-corrected chi connectivity index (χ3v) is 5.31. The fourth-order valence-electron chi connectivity index (χ4n) is 3.43. The lowest BCUT2D eigenvalue weighted by molar-refractivity contribution is 0.0992. The lowest BCUT2D eigenvalue weighted by Gasteiger charge is -2.06. The van der Waals surface area contributed by atoms with Gasteiger partial charge in [-0.05, 0) is 60.4 Å². The van der Waals surface area contributed by atoms with Crippen LogP contribution in [-0.2, 0) is 26.2 Å². The van der Waals surface area contributed by atoms with Gasteiger partial charge in [-0.25, -0.2) is 4.68 Å². The van der Waals surface area contributed by atoms with Gasteiger partial charge in [0.2, 0.25) is 0 Å². The first-order valence-electron chi connectivity index (χ1n) is 11.5. The predicted molar refractivity (Wildman–Crippen MR) is 130 cm³/mol. The van der Waals surface area contributed by atoms with Gasteiger partial charge in [-0.3, -0.25) is 4.79 Å². The molecule has 0 aliphatic carbocycles. The van der Waals surface area contributed by atoms with Crippen molar-refractivity contribution >= 4 is 11.6 Å². The minimum absolute atomic E-state index is 0.205. The molecule has 0 aliphatic rings. The monoisotopic (exact) mass is 459 g/mol. The van der Waals surface area contributed by atoms with Gasteiger partial charge in [0.25, 0.3) is 5.91 Å². The largest absolute Gasteiger partial charge is 0.486 e. The summed E-state index contributed by atoms with van der Waals surface area (Å²) < 4.78 is 18.7. The zero-order valence-corrected chi connectivity index (χ0v) is 19.5. The summed E-state index contributed by atoms with van der Waals surface area (Å²) >= 11 is 0. The first kappa shape index (κ1) is 23.2. The van der Waals surface area contributed by atoms with E-state index in [9.17, 15) is 4.79 Å². The summed E-state index contributed by atoms with van der Waals surface area (Å²) in [7, 11) is 0. The number of amides is 1. The summed E-state index contributed by atoms with van der Waals surface area (Å²) in [5.41, 5.74) is 3.09. The Labute approximate surface area is 199 Å². The molecule has 0 spiro atoms. The first-order chi connectivity index (χ1) is 16.6. The van der Waals surface area contributed by atoms with Crippen LogP contribution in [0, 0.1) is 0 Å². The molecule has 4 rings (SSSR count). The second kappa shape index (κ2) is 11.2. The number of aryl methyl sites for hydroxylation is 2. The Morgan fingerprint density at radius 2 is 1.65 bits per heavy atom. The summed E-state index contributed by atoms with van der Waals surface area (Å²) in [4.78, 5) is 12.5. The molecule has 0 radical (unpaired) electrons. The lowest BCUT2D eigenvalue weighted by atomic mass is 10.1. The van der Waals surface area contributed by atoms with E-state index in [1.807, 2.05) is 36.4 Å². The fraction of sp³-hybridized carbons (Fsp3) is 0.259. The van der Waals surface area contributed by atoms with Crippen LogP contribution in [0.1, 0.15) is 47.7 Å². The number of hydrogen-bond donors (Lipinski definition) is 1. The number of furan rings is 1. The average Bonchev–Trinajstić information content (AvgIpc) is 3.52. The molecule has 0 saturated carbocycles. The third kappa shape index (κ3) is 6.28. The molecule has 0 atom stereocenters. The number of carbonyl (C=O) groups is 1. The maximum absolute atomic E-state index is 12.5. The van der Waals surface area contributed by atoms with Crippen LogP contribution < -0.4 is 14.8 Å². The van der Waals surface area contributed by atoms with Crippen LogP contribution in [0.4, 0.5) is 5.69 Å². The van der Waals surface area contributed by atoms with Crippen LogP contribution in [-0.4, -0.2) is 15.7 Å². The van der Waals surface area contributed by atoms with Crippen LogP contribution >= 0.6 is 0 Å². The molecular formula is C27H29N3O4. The van der Waals surface area contributed by atoms with Gasteiger partial charge in [-0.2, -0.15) is 5.10 Å². The smallest absolute Gasteiger partial charge is 0.291 e. The van der Waals surface area contributed by atoms with Crippen molar-refractivity contribution in [2.75, 3.05) is 5.32 Å². The molecule has 0 fully saturated rings. The summed E-state index contributed by atoms with van der Waals surface area (Å²) in [5.74, 6) is 1.95. The molecule has 2 heterocycles. The number of aromatic nitrogens is 2. The molecule has 1 amide bonds. The molecule has 34 heavy (non-hydrogen) atoms. The molecule has 7 heteroatoms. The topological polar surface area (TPSA) is 78.5 Å². The quantitative estimate of drug-likeness (QED) is 0.304. The van der Waals surface area contributed by atoms with Gasteiger partial charge < -0.3 is 19.2 Å². The minimum Gasteiger partial charge on any atom is -0.486 e. The van der Waals surface area contributed by atoms with Gasteiger partial charge in [0.05, 0.1) is 18.1 Å². The molecular weight excluding hydrogens is 430 g/mol. The van der Waals surface area contributed by atoms with E-state index in [0.29, 0.717) is 11.4 Å². The van der Waals surface area contributed by atoms with E-state index >= 15 is 0 Å². The Hall–Kier alpha value is -4.00. The van der Waals surface area contributed by atoms with Crippen molar-refractivity contribution in [2.24, 2.45) is 0 Å². The van der Waals surface area contributed by atoms with Crippen LogP contribution in [0.25, 0.3) is 0 Å². The number of rotatable bonds is 11. The highest BCUT2D eigenvalue weighted by molar-refractivity contribution is 6.02. The SMILES string of the molecule is CCCc1ccc(OCc2ccc(C(=O)Nc3cnn(COc4ccc(CC)cc4)c3)o2)cc1. The van der Waals surface area contributed by atoms with Crippen LogP contribution in [0.5, 0.6) is 11.5 Å². The number of nitrogens with one attached hydrogen (secondary N) is 1. The van der Waals surface area contributed by atoms with Crippen molar-refractivity contribution < 1.29 is 18.7 Å². The van der Waals surface area contributed by atoms with Gasteiger partial charge in [-0.15, -0.1) is 0 Å². The highest BCUT2D eigenvalue weighted by Gasteiger charge is 2.13. The summed E-state index contributed by atoms with van der Waals surface area (Å²) in [6, 6.07) is 19.3. The summed E-state index contributed by atoms with van der Waals surface area (Å²) in [5, 5.41) is 7.01. The highest BCUT2D eigenvalue weighted by Crippen LogP contribution is 2.18.